The molecule has 0 fully saturated rings. The van der Waals surface area contributed by atoms with E-state index in [1.165, 1.54) is 4.90 Å². The number of ether oxygens (including phenoxy) is 3. The summed E-state index contributed by atoms with van der Waals surface area (Å²) >= 11 is 0. The maximum Gasteiger partial charge on any atom is 0.259 e. The van der Waals surface area contributed by atoms with Gasteiger partial charge in [-0.1, -0.05) is 18.2 Å². The Morgan fingerprint density at radius 1 is 1.07 bits per heavy atom. The maximum atomic E-state index is 11.6. The van der Waals surface area contributed by atoms with E-state index in [4.69, 9.17) is 19.9 Å². The van der Waals surface area contributed by atoms with Crippen LogP contribution in [0.15, 0.2) is 47.5 Å². The average molecular weight is 400 g/mol. The number of hydrogen-bond donors (Lipinski definition) is 2. The van der Waals surface area contributed by atoms with E-state index in [9.17, 15) is 4.79 Å². The fourth-order valence-corrected chi connectivity index (χ4v) is 2.42. The van der Waals surface area contributed by atoms with Gasteiger partial charge in [0.25, 0.3) is 5.91 Å². The molecule has 2 aromatic rings. The molecule has 0 radical (unpaired) electrons. The van der Waals surface area contributed by atoms with Gasteiger partial charge >= 0.3 is 0 Å². The van der Waals surface area contributed by atoms with E-state index in [0.717, 1.165) is 11.1 Å². The molecule has 0 aliphatic rings. The fourth-order valence-electron chi connectivity index (χ4n) is 2.42. The van der Waals surface area contributed by atoms with E-state index in [1.54, 1.807) is 34.4 Å². The van der Waals surface area contributed by atoms with E-state index in [-0.39, 0.29) is 12.5 Å². The van der Waals surface area contributed by atoms with Gasteiger partial charge in [0.1, 0.15) is 5.75 Å². The molecule has 0 saturated heterocycles. The molecule has 8 nitrogen and oxygen atoms in total. The molecule has 0 aromatic heterocycles. The zero-order chi connectivity index (χ0) is 21.2. The van der Waals surface area contributed by atoms with Gasteiger partial charge in [0.2, 0.25) is 0 Å². The molecule has 0 bridgehead atoms. The van der Waals surface area contributed by atoms with Gasteiger partial charge in [0, 0.05) is 20.6 Å². The number of hydrogen-bond acceptors (Lipinski definition) is 5. The number of aliphatic imine (C=N–C) groups is 1. The van der Waals surface area contributed by atoms with Crippen LogP contribution in [0, 0.1) is 0 Å². The van der Waals surface area contributed by atoms with Crippen molar-refractivity contribution in [3.63, 3.8) is 0 Å². The van der Waals surface area contributed by atoms with Crippen LogP contribution in [0.1, 0.15) is 11.1 Å². The number of amides is 1. The van der Waals surface area contributed by atoms with Gasteiger partial charge in [0.05, 0.1) is 20.8 Å². The van der Waals surface area contributed by atoms with Crippen molar-refractivity contribution in [2.24, 2.45) is 10.7 Å². The van der Waals surface area contributed by atoms with E-state index >= 15 is 0 Å². The summed E-state index contributed by atoms with van der Waals surface area (Å²) in [5, 5.41) is 3.08. The van der Waals surface area contributed by atoms with Crippen LogP contribution in [-0.4, -0.2) is 51.7 Å². The Labute approximate surface area is 171 Å². The van der Waals surface area contributed by atoms with E-state index in [1.807, 2.05) is 36.4 Å². The summed E-state index contributed by atoms with van der Waals surface area (Å²) in [5.74, 6) is 2.18. The number of rotatable bonds is 9. The van der Waals surface area contributed by atoms with Gasteiger partial charge in [-0.3, -0.25) is 4.79 Å². The lowest BCUT2D eigenvalue weighted by atomic mass is 10.2. The summed E-state index contributed by atoms with van der Waals surface area (Å²) in [6.45, 7) is 0.893. The Morgan fingerprint density at radius 2 is 1.83 bits per heavy atom. The molecule has 0 unspecified atom stereocenters. The van der Waals surface area contributed by atoms with E-state index in [2.05, 4.69) is 10.3 Å². The van der Waals surface area contributed by atoms with Crippen molar-refractivity contribution >= 4 is 11.9 Å². The molecule has 29 heavy (non-hydrogen) atoms. The number of likely N-dealkylation sites (N-methyl/N-ethyl adjacent to an activating group) is 1. The second-order valence-corrected chi connectivity index (χ2v) is 6.47. The monoisotopic (exact) mass is 400 g/mol. The maximum absolute atomic E-state index is 11.6. The Bertz CT molecular complexity index is 852. The third kappa shape index (κ3) is 6.91. The van der Waals surface area contributed by atoms with Crippen LogP contribution in [0.2, 0.25) is 0 Å². The smallest absolute Gasteiger partial charge is 0.259 e. The first-order valence-corrected chi connectivity index (χ1v) is 9.09. The standard InChI is InChI=1S/C21H28N4O4/c1-25(2)20(26)14-29-17-7-5-6-15(10-17)12-23-21(22)24-13-16-8-9-18(27-3)19(11-16)28-4/h5-11H,12-14H2,1-4H3,(H3,22,23,24). The fraction of sp³-hybridized carbons (Fsp3) is 0.333. The molecule has 0 saturated carbocycles. The number of nitrogens with one attached hydrogen (secondary N) is 1. The Kier molecular flexibility index (Phi) is 8.14. The highest BCUT2D eigenvalue weighted by atomic mass is 16.5. The summed E-state index contributed by atoms with van der Waals surface area (Å²) < 4.78 is 16.0. The Hall–Kier alpha value is -3.42. The van der Waals surface area contributed by atoms with Crippen LogP contribution in [0.25, 0.3) is 0 Å². The number of benzene rings is 2. The number of nitrogens with two attached hydrogens (primary N) is 1. The highest BCUT2D eigenvalue weighted by Gasteiger charge is 2.06. The summed E-state index contributed by atoms with van der Waals surface area (Å²) in [6, 6.07) is 13.1. The minimum absolute atomic E-state index is 0.00522. The quantitative estimate of drug-likeness (QED) is 0.492. The van der Waals surface area contributed by atoms with Gasteiger partial charge in [-0.15, -0.1) is 0 Å². The van der Waals surface area contributed by atoms with Gasteiger partial charge in [0.15, 0.2) is 24.1 Å². The first-order chi connectivity index (χ1) is 13.9. The first-order valence-electron chi connectivity index (χ1n) is 9.09. The molecule has 0 heterocycles. The number of carbonyl (C=O) groups excluding carboxylic acids is 1. The molecule has 8 heteroatoms. The second kappa shape index (κ2) is 10.8. The summed E-state index contributed by atoms with van der Waals surface area (Å²) in [4.78, 5) is 17.5. The lowest BCUT2D eigenvalue weighted by molar-refractivity contribution is -0.130. The van der Waals surface area contributed by atoms with Gasteiger partial charge in [-0.2, -0.15) is 0 Å². The molecule has 0 spiro atoms. The van der Waals surface area contributed by atoms with E-state index < -0.39 is 0 Å². The minimum Gasteiger partial charge on any atom is -0.493 e. The molecule has 1 amide bonds. The van der Waals surface area contributed by atoms with Crippen molar-refractivity contribution in [1.29, 1.82) is 0 Å². The van der Waals surface area contributed by atoms with Crippen LogP contribution in [0.5, 0.6) is 17.2 Å². The predicted octanol–water partition coefficient (Wildman–Crippen LogP) is 1.78. The van der Waals surface area contributed by atoms with Gasteiger partial charge < -0.3 is 30.2 Å². The molecule has 0 atom stereocenters. The third-order valence-corrected chi connectivity index (χ3v) is 4.11. The van der Waals surface area contributed by atoms with Crippen LogP contribution in [0.4, 0.5) is 0 Å². The highest BCUT2D eigenvalue weighted by molar-refractivity contribution is 5.78. The normalized spacial score (nSPS) is 11.0. The summed E-state index contributed by atoms with van der Waals surface area (Å²) in [7, 11) is 6.57. The molecule has 0 aliphatic heterocycles. The number of methoxy groups -OCH3 is 2. The van der Waals surface area contributed by atoms with Crippen LogP contribution in [-0.2, 0) is 17.9 Å². The summed E-state index contributed by atoms with van der Waals surface area (Å²) in [6.07, 6.45) is 0. The molecule has 3 N–H and O–H groups in total. The lowest BCUT2D eigenvalue weighted by Gasteiger charge is -2.12. The number of carbonyl (C=O) groups is 1. The SMILES string of the molecule is COc1ccc(CNC(N)=NCc2cccc(OCC(=O)N(C)C)c2)cc1OC. The average Bonchev–Trinajstić information content (AvgIpc) is 2.74. The van der Waals surface area contributed by atoms with Crippen LogP contribution in [0.3, 0.4) is 0 Å². The van der Waals surface area contributed by atoms with Crippen molar-refractivity contribution in [2.75, 3.05) is 34.9 Å². The van der Waals surface area contributed by atoms with E-state index in [0.29, 0.717) is 36.3 Å². The predicted molar refractivity (Wildman–Crippen MR) is 112 cm³/mol. The Morgan fingerprint density at radius 3 is 2.52 bits per heavy atom. The lowest BCUT2D eigenvalue weighted by Crippen LogP contribution is -2.31. The molecular formula is C21H28N4O4. The van der Waals surface area contributed by atoms with Crippen molar-refractivity contribution in [3.05, 3.63) is 53.6 Å². The molecule has 2 rings (SSSR count). The highest BCUT2D eigenvalue weighted by Crippen LogP contribution is 2.27. The molecule has 156 valence electrons. The molecule has 2 aromatic carbocycles. The minimum atomic E-state index is -0.1000. The van der Waals surface area contributed by atoms with Gasteiger partial charge in [-0.05, 0) is 35.4 Å². The molecule has 0 aliphatic carbocycles. The summed E-state index contributed by atoms with van der Waals surface area (Å²) in [5.41, 5.74) is 7.88. The van der Waals surface area contributed by atoms with Crippen molar-refractivity contribution in [1.82, 2.24) is 10.2 Å². The van der Waals surface area contributed by atoms with Crippen molar-refractivity contribution in [2.45, 2.75) is 13.1 Å². The number of nitrogens with zero attached hydrogens (tertiary/aromatic N) is 2. The van der Waals surface area contributed by atoms with Crippen molar-refractivity contribution < 1.29 is 19.0 Å². The van der Waals surface area contributed by atoms with Crippen LogP contribution >= 0.6 is 0 Å². The first kappa shape index (κ1) is 21.9. The number of guanidine groups is 1. The largest absolute Gasteiger partial charge is 0.493 e. The Balaban J connectivity index is 1.89. The zero-order valence-corrected chi connectivity index (χ0v) is 17.3. The van der Waals surface area contributed by atoms with Gasteiger partial charge in [-0.25, -0.2) is 4.99 Å². The van der Waals surface area contributed by atoms with Crippen LogP contribution < -0.4 is 25.3 Å². The third-order valence-electron chi connectivity index (χ3n) is 4.11. The topological polar surface area (TPSA) is 98.4 Å². The van der Waals surface area contributed by atoms with Crippen molar-refractivity contribution in [3.8, 4) is 17.2 Å². The molecular weight excluding hydrogens is 372 g/mol. The zero-order valence-electron chi connectivity index (χ0n) is 17.3. The second-order valence-electron chi connectivity index (χ2n) is 6.47.